The summed E-state index contributed by atoms with van der Waals surface area (Å²) in [6.45, 7) is 3.81. The Bertz CT molecular complexity index is 613. The van der Waals surface area contributed by atoms with Crippen LogP contribution >= 0.6 is 0 Å². The lowest BCUT2D eigenvalue weighted by molar-refractivity contribution is -0.384. The number of nitro groups is 1. The van der Waals surface area contributed by atoms with Gasteiger partial charge in [0, 0.05) is 12.5 Å². The molecule has 0 heterocycles. The van der Waals surface area contributed by atoms with E-state index in [9.17, 15) is 24.8 Å². The largest absolute Gasteiger partial charge is 0.478 e. The van der Waals surface area contributed by atoms with Gasteiger partial charge in [-0.2, -0.15) is 0 Å². The highest BCUT2D eigenvalue weighted by Crippen LogP contribution is 2.32. The van der Waals surface area contributed by atoms with Gasteiger partial charge in [-0.15, -0.1) is 0 Å². The number of nitrogens with one attached hydrogen (secondary N) is 1. The number of anilines is 1. The number of aromatic carboxylic acids is 1. The van der Waals surface area contributed by atoms with Crippen molar-refractivity contribution >= 4 is 23.3 Å². The number of unbranched alkanes of at least 4 members (excludes halogenated alkanes) is 4. The zero-order chi connectivity index (χ0) is 18.1. The van der Waals surface area contributed by atoms with Gasteiger partial charge in [0.15, 0.2) is 0 Å². The van der Waals surface area contributed by atoms with E-state index in [0.717, 1.165) is 31.7 Å². The molecular formula is C17H24N2O5. The third kappa shape index (κ3) is 5.33. The first-order valence-electron chi connectivity index (χ1n) is 8.25. The summed E-state index contributed by atoms with van der Waals surface area (Å²) in [7, 11) is 0. The molecule has 0 aromatic heterocycles. The Balaban J connectivity index is 2.95. The molecule has 0 fully saturated rings. The van der Waals surface area contributed by atoms with Crippen LogP contribution in [-0.4, -0.2) is 21.9 Å². The summed E-state index contributed by atoms with van der Waals surface area (Å²) in [5, 5.41) is 23.0. The van der Waals surface area contributed by atoms with Gasteiger partial charge in [-0.3, -0.25) is 14.9 Å². The van der Waals surface area contributed by atoms with Crippen molar-refractivity contribution in [2.24, 2.45) is 0 Å². The van der Waals surface area contributed by atoms with E-state index in [0.29, 0.717) is 6.42 Å². The molecule has 0 aliphatic rings. The van der Waals surface area contributed by atoms with Gasteiger partial charge in [-0.25, -0.2) is 4.79 Å². The van der Waals surface area contributed by atoms with Crippen LogP contribution in [0.3, 0.4) is 0 Å². The van der Waals surface area contributed by atoms with Crippen LogP contribution in [0.2, 0.25) is 0 Å². The highest BCUT2D eigenvalue weighted by atomic mass is 16.6. The molecular weight excluding hydrogens is 312 g/mol. The second-order valence-corrected chi connectivity index (χ2v) is 5.61. The molecule has 0 atom stereocenters. The second-order valence-electron chi connectivity index (χ2n) is 5.61. The van der Waals surface area contributed by atoms with Crippen molar-refractivity contribution in [1.29, 1.82) is 0 Å². The van der Waals surface area contributed by atoms with Crippen molar-refractivity contribution < 1.29 is 19.6 Å². The number of carboxylic acid groups (broad SMARTS) is 1. The fourth-order valence-electron chi connectivity index (χ4n) is 2.59. The highest BCUT2D eigenvalue weighted by molar-refractivity contribution is 5.98. The molecule has 1 amide bonds. The second kappa shape index (κ2) is 9.64. The minimum absolute atomic E-state index is 0.000887. The van der Waals surface area contributed by atoms with Crippen LogP contribution in [-0.2, 0) is 11.2 Å². The molecule has 1 aromatic carbocycles. The lowest BCUT2D eigenvalue weighted by Crippen LogP contribution is -2.16. The molecule has 1 aromatic rings. The lowest BCUT2D eigenvalue weighted by Gasteiger charge is -2.13. The average Bonchev–Trinajstić information content (AvgIpc) is 2.53. The summed E-state index contributed by atoms with van der Waals surface area (Å²) in [6, 6.07) is 2.33. The van der Waals surface area contributed by atoms with Crippen molar-refractivity contribution in [2.75, 3.05) is 5.32 Å². The van der Waals surface area contributed by atoms with E-state index in [2.05, 4.69) is 12.2 Å². The Morgan fingerprint density at radius 2 is 1.83 bits per heavy atom. The average molecular weight is 336 g/mol. The molecule has 0 aliphatic carbocycles. The number of hydrogen-bond acceptors (Lipinski definition) is 4. The number of nitro benzene ring substituents is 1. The van der Waals surface area contributed by atoms with Crippen molar-refractivity contribution in [1.82, 2.24) is 0 Å². The van der Waals surface area contributed by atoms with E-state index in [1.54, 1.807) is 6.92 Å². The van der Waals surface area contributed by atoms with Gasteiger partial charge >= 0.3 is 5.97 Å². The summed E-state index contributed by atoms with van der Waals surface area (Å²) < 4.78 is 0. The molecule has 0 aliphatic heterocycles. The molecule has 0 bridgehead atoms. The normalized spacial score (nSPS) is 10.4. The molecule has 0 saturated heterocycles. The summed E-state index contributed by atoms with van der Waals surface area (Å²) in [4.78, 5) is 34.0. The number of carboxylic acids is 1. The lowest BCUT2D eigenvalue weighted by atomic mass is 10.0. The molecule has 7 heteroatoms. The molecule has 132 valence electrons. The Kier molecular flexibility index (Phi) is 7.88. The monoisotopic (exact) mass is 336 g/mol. The maximum Gasteiger partial charge on any atom is 0.336 e. The van der Waals surface area contributed by atoms with Gasteiger partial charge in [0.05, 0.1) is 10.5 Å². The van der Waals surface area contributed by atoms with E-state index >= 15 is 0 Å². The number of benzene rings is 1. The fourth-order valence-corrected chi connectivity index (χ4v) is 2.59. The van der Waals surface area contributed by atoms with Gasteiger partial charge < -0.3 is 10.4 Å². The topological polar surface area (TPSA) is 110 Å². The Morgan fingerprint density at radius 1 is 1.17 bits per heavy atom. The van der Waals surface area contributed by atoms with Crippen LogP contribution in [0.4, 0.5) is 11.4 Å². The zero-order valence-electron chi connectivity index (χ0n) is 14.1. The standard InChI is InChI=1S/C17H24N2O5/c1-3-5-6-7-8-9-15(20)18-16-12(4-2)13(17(21)22)10-11-14(16)19(23)24/h10-11H,3-9H2,1-2H3,(H,18,20)(H,21,22). The van der Waals surface area contributed by atoms with Crippen LogP contribution in [0.1, 0.15) is 68.3 Å². The first-order valence-corrected chi connectivity index (χ1v) is 8.25. The molecule has 2 N–H and O–H groups in total. The van der Waals surface area contributed by atoms with E-state index < -0.39 is 10.9 Å². The molecule has 0 radical (unpaired) electrons. The minimum atomic E-state index is -1.17. The quantitative estimate of drug-likeness (QED) is 0.379. The zero-order valence-corrected chi connectivity index (χ0v) is 14.1. The number of carbonyl (C=O) groups is 2. The van der Waals surface area contributed by atoms with Crippen molar-refractivity contribution in [3.8, 4) is 0 Å². The molecule has 0 saturated carbocycles. The summed E-state index contributed by atoms with van der Waals surface area (Å²) in [5.74, 6) is -1.50. The smallest absolute Gasteiger partial charge is 0.336 e. The third-order valence-corrected chi connectivity index (χ3v) is 3.84. The SMILES string of the molecule is CCCCCCCC(=O)Nc1c([N+](=O)[O-])ccc(C(=O)O)c1CC. The van der Waals surface area contributed by atoms with E-state index in [4.69, 9.17) is 0 Å². The van der Waals surface area contributed by atoms with Gasteiger partial charge in [0.25, 0.3) is 5.69 Å². The Labute approximate surface area is 141 Å². The molecule has 24 heavy (non-hydrogen) atoms. The number of amides is 1. The molecule has 0 unspecified atom stereocenters. The van der Waals surface area contributed by atoms with Crippen LogP contribution in [0.15, 0.2) is 12.1 Å². The first-order chi connectivity index (χ1) is 11.4. The number of nitrogens with zero attached hydrogens (tertiary/aromatic N) is 1. The van der Waals surface area contributed by atoms with Crippen molar-refractivity contribution in [2.45, 2.75) is 58.8 Å². The minimum Gasteiger partial charge on any atom is -0.478 e. The Hall–Kier alpha value is -2.44. The fraction of sp³-hybridized carbons (Fsp3) is 0.529. The predicted molar refractivity (Wildman–Crippen MR) is 91.4 cm³/mol. The number of carbonyl (C=O) groups excluding carboxylic acids is 1. The van der Waals surface area contributed by atoms with Crippen LogP contribution in [0.5, 0.6) is 0 Å². The van der Waals surface area contributed by atoms with E-state index in [-0.39, 0.29) is 41.3 Å². The van der Waals surface area contributed by atoms with Crippen LogP contribution in [0, 0.1) is 10.1 Å². The maximum atomic E-state index is 12.1. The maximum absolute atomic E-state index is 12.1. The molecule has 7 nitrogen and oxygen atoms in total. The van der Waals surface area contributed by atoms with Crippen LogP contribution in [0.25, 0.3) is 0 Å². The molecule has 0 spiro atoms. The van der Waals surface area contributed by atoms with Crippen molar-refractivity contribution in [3.63, 3.8) is 0 Å². The van der Waals surface area contributed by atoms with Crippen LogP contribution < -0.4 is 5.32 Å². The first kappa shape index (κ1) is 19.6. The summed E-state index contributed by atoms with van der Waals surface area (Å²) >= 11 is 0. The molecule has 1 rings (SSSR count). The third-order valence-electron chi connectivity index (χ3n) is 3.84. The highest BCUT2D eigenvalue weighted by Gasteiger charge is 2.24. The summed E-state index contributed by atoms with van der Waals surface area (Å²) in [5.41, 5.74) is -0.0329. The van der Waals surface area contributed by atoms with E-state index in [1.165, 1.54) is 6.07 Å². The predicted octanol–water partition coefficient (Wildman–Crippen LogP) is 4.15. The van der Waals surface area contributed by atoms with Gasteiger partial charge in [-0.05, 0) is 24.5 Å². The number of hydrogen-bond donors (Lipinski definition) is 2. The van der Waals surface area contributed by atoms with Gasteiger partial charge in [-0.1, -0.05) is 39.5 Å². The van der Waals surface area contributed by atoms with E-state index in [1.807, 2.05) is 0 Å². The van der Waals surface area contributed by atoms with Crippen molar-refractivity contribution in [3.05, 3.63) is 33.4 Å². The number of rotatable bonds is 10. The van der Waals surface area contributed by atoms with Gasteiger partial charge in [0.2, 0.25) is 5.91 Å². The van der Waals surface area contributed by atoms with Gasteiger partial charge in [0.1, 0.15) is 5.69 Å². The Morgan fingerprint density at radius 3 is 2.38 bits per heavy atom. The summed E-state index contributed by atoms with van der Waals surface area (Å²) in [6.07, 6.45) is 5.46.